The summed E-state index contributed by atoms with van der Waals surface area (Å²) in [5.41, 5.74) is 1.32. The van der Waals surface area contributed by atoms with Gasteiger partial charge in [-0.2, -0.15) is 11.8 Å². The van der Waals surface area contributed by atoms with Gasteiger partial charge in [-0.3, -0.25) is 4.79 Å². The van der Waals surface area contributed by atoms with E-state index in [0.717, 1.165) is 22.2 Å². The van der Waals surface area contributed by atoms with Gasteiger partial charge in [0.1, 0.15) is 11.6 Å². The van der Waals surface area contributed by atoms with E-state index in [1.165, 1.54) is 6.07 Å². The van der Waals surface area contributed by atoms with Gasteiger partial charge in [-0.15, -0.1) is 0 Å². The number of carbonyl (C=O) groups excluding carboxylic acids is 1. The van der Waals surface area contributed by atoms with Crippen molar-refractivity contribution in [1.29, 1.82) is 0 Å². The first kappa shape index (κ1) is 18.3. The van der Waals surface area contributed by atoms with Crippen LogP contribution in [0.4, 0.5) is 4.39 Å². The summed E-state index contributed by atoms with van der Waals surface area (Å²) in [6.45, 7) is 1.26. The Balaban J connectivity index is 1.75. The molecule has 0 N–H and O–H groups in total. The van der Waals surface area contributed by atoms with Crippen LogP contribution in [0.25, 0.3) is 0 Å². The second-order valence-corrected chi connectivity index (χ2v) is 7.97. The van der Waals surface area contributed by atoms with Crippen LogP contribution in [-0.2, 0) is 0 Å². The van der Waals surface area contributed by atoms with Gasteiger partial charge in [-0.05, 0) is 46.6 Å². The van der Waals surface area contributed by atoms with Crippen LogP contribution in [0.15, 0.2) is 46.9 Å². The number of thioether (sulfide) groups is 1. The highest BCUT2D eigenvalue weighted by atomic mass is 79.9. The van der Waals surface area contributed by atoms with Crippen LogP contribution >= 0.6 is 27.7 Å². The summed E-state index contributed by atoms with van der Waals surface area (Å²) in [6.07, 6.45) is 0.735. The lowest BCUT2D eigenvalue weighted by atomic mass is 10.1. The maximum absolute atomic E-state index is 14.0. The quantitative estimate of drug-likeness (QED) is 0.701. The molecule has 1 heterocycles. The van der Waals surface area contributed by atoms with E-state index >= 15 is 0 Å². The van der Waals surface area contributed by atoms with E-state index in [1.54, 1.807) is 31.0 Å². The van der Waals surface area contributed by atoms with Crippen molar-refractivity contribution < 1.29 is 13.9 Å². The molecule has 1 aliphatic rings. The summed E-state index contributed by atoms with van der Waals surface area (Å²) in [5.74, 6) is 1.24. The molecule has 0 aromatic heterocycles. The van der Waals surface area contributed by atoms with Crippen molar-refractivity contribution in [3.63, 3.8) is 0 Å². The normalized spacial score (nSPS) is 17.9. The molecule has 0 bridgehead atoms. The van der Waals surface area contributed by atoms with Crippen molar-refractivity contribution in [2.45, 2.75) is 11.7 Å². The average Bonchev–Trinajstić information content (AvgIpc) is 2.88. The van der Waals surface area contributed by atoms with Gasteiger partial charge in [-0.1, -0.05) is 18.2 Å². The lowest BCUT2D eigenvalue weighted by molar-refractivity contribution is 0.0765. The number of methoxy groups -OCH3 is 1. The number of hydrogen-bond donors (Lipinski definition) is 0. The van der Waals surface area contributed by atoms with Crippen molar-refractivity contribution >= 4 is 33.6 Å². The SMILES string of the molecule is COc1ccc(Br)c(C(=O)N2CCS[C@H](c3ccccc3F)CC2)c1. The van der Waals surface area contributed by atoms with E-state index in [-0.39, 0.29) is 17.0 Å². The van der Waals surface area contributed by atoms with Crippen LogP contribution in [0.2, 0.25) is 0 Å². The molecule has 0 spiro atoms. The minimum Gasteiger partial charge on any atom is -0.497 e. The smallest absolute Gasteiger partial charge is 0.255 e. The Bertz CT molecular complexity index is 771. The molecule has 1 amide bonds. The molecule has 2 aromatic carbocycles. The van der Waals surface area contributed by atoms with Crippen molar-refractivity contribution in [3.8, 4) is 5.75 Å². The number of benzene rings is 2. The van der Waals surface area contributed by atoms with E-state index < -0.39 is 0 Å². The van der Waals surface area contributed by atoms with Crippen molar-refractivity contribution in [3.05, 3.63) is 63.9 Å². The van der Waals surface area contributed by atoms with Crippen LogP contribution in [0, 0.1) is 5.82 Å². The van der Waals surface area contributed by atoms with Crippen LogP contribution < -0.4 is 4.74 Å². The molecule has 1 aliphatic heterocycles. The highest BCUT2D eigenvalue weighted by molar-refractivity contribution is 9.10. The zero-order chi connectivity index (χ0) is 17.8. The first-order chi connectivity index (χ1) is 12.1. The molecule has 2 aromatic rings. The molecule has 0 aliphatic carbocycles. The number of halogens is 2. The molecular formula is C19H19BrFNO2S. The predicted molar refractivity (Wildman–Crippen MR) is 103 cm³/mol. The summed E-state index contributed by atoms with van der Waals surface area (Å²) in [6, 6.07) is 12.3. The number of carbonyl (C=O) groups is 1. The molecule has 1 atom stereocenters. The third-order valence-electron chi connectivity index (χ3n) is 4.28. The first-order valence-electron chi connectivity index (χ1n) is 8.09. The summed E-state index contributed by atoms with van der Waals surface area (Å²) >= 11 is 5.16. The highest BCUT2D eigenvalue weighted by Gasteiger charge is 2.25. The van der Waals surface area contributed by atoms with E-state index in [1.807, 2.05) is 29.2 Å². The largest absolute Gasteiger partial charge is 0.497 e. The van der Waals surface area contributed by atoms with Gasteiger partial charge in [0.15, 0.2) is 0 Å². The molecule has 3 rings (SSSR count). The lowest BCUT2D eigenvalue weighted by Crippen LogP contribution is -2.33. The van der Waals surface area contributed by atoms with Gasteiger partial charge in [0.05, 0.1) is 12.7 Å². The van der Waals surface area contributed by atoms with Gasteiger partial charge in [-0.25, -0.2) is 4.39 Å². The molecule has 25 heavy (non-hydrogen) atoms. The molecule has 0 radical (unpaired) electrons. The highest BCUT2D eigenvalue weighted by Crippen LogP contribution is 2.36. The minimum absolute atomic E-state index is 0.0273. The Morgan fingerprint density at radius 3 is 2.84 bits per heavy atom. The van der Waals surface area contributed by atoms with Crippen molar-refractivity contribution in [1.82, 2.24) is 4.90 Å². The third kappa shape index (κ3) is 4.18. The maximum Gasteiger partial charge on any atom is 0.255 e. The summed E-state index contributed by atoms with van der Waals surface area (Å²) in [4.78, 5) is 14.7. The fourth-order valence-corrected chi connectivity index (χ4v) is 4.59. The lowest BCUT2D eigenvalue weighted by Gasteiger charge is -2.21. The maximum atomic E-state index is 14.0. The second kappa shape index (κ2) is 8.23. The van der Waals surface area contributed by atoms with E-state index in [9.17, 15) is 9.18 Å². The minimum atomic E-state index is -0.171. The fraction of sp³-hybridized carbons (Fsp3) is 0.316. The van der Waals surface area contributed by atoms with Crippen LogP contribution in [0.1, 0.15) is 27.6 Å². The topological polar surface area (TPSA) is 29.5 Å². The van der Waals surface area contributed by atoms with Crippen LogP contribution in [0.5, 0.6) is 5.75 Å². The molecule has 0 unspecified atom stereocenters. The fourth-order valence-electron chi connectivity index (χ4n) is 2.92. The van der Waals surface area contributed by atoms with Gasteiger partial charge >= 0.3 is 0 Å². The van der Waals surface area contributed by atoms with Crippen LogP contribution in [-0.4, -0.2) is 36.8 Å². The summed E-state index contributed by atoms with van der Waals surface area (Å²) < 4.78 is 20.0. The Hall–Kier alpha value is -1.53. The zero-order valence-corrected chi connectivity index (χ0v) is 16.3. The Morgan fingerprint density at radius 1 is 1.28 bits per heavy atom. The summed E-state index contributed by atoms with van der Waals surface area (Å²) in [7, 11) is 1.58. The molecule has 6 heteroatoms. The standard InChI is InChI=1S/C19H19BrFNO2S/c1-24-13-6-7-16(20)15(12-13)19(23)22-9-8-18(25-11-10-22)14-4-2-3-5-17(14)21/h2-7,12,18H,8-11H2,1H3/t18-/m0/s1. The third-order valence-corrected chi connectivity index (χ3v) is 6.29. The Kier molecular flexibility index (Phi) is 6.02. The Morgan fingerprint density at radius 2 is 2.08 bits per heavy atom. The number of nitrogens with zero attached hydrogens (tertiary/aromatic N) is 1. The molecule has 1 fully saturated rings. The van der Waals surface area contributed by atoms with Gasteiger partial charge < -0.3 is 9.64 Å². The second-order valence-electron chi connectivity index (χ2n) is 5.81. The molecule has 3 nitrogen and oxygen atoms in total. The van der Waals surface area contributed by atoms with Crippen LogP contribution in [0.3, 0.4) is 0 Å². The number of rotatable bonds is 3. The predicted octanol–water partition coefficient (Wildman–Crippen LogP) is 4.92. The Labute approximate surface area is 159 Å². The monoisotopic (exact) mass is 423 g/mol. The van der Waals surface area contributed by atoms with Gasteiger partial charge in [0.2, 0.25) is 0 Å². The summed E-state index contributed by atoms with van der Waals surface area (Å²) in [5, 5.41) is 0.0766. The first-order valence-corrected chi connectivity index (χ1v) is 9.93. The van der Waals surface area contributed by atoms with Gasteiger partial charge in [0.25, 0.3) is 5.91 Å². The number of hydrogen-bond acceptors (Lipinski definition) is 3. The molecular weight excluding hydrogens is 405 g/mol. The number of amides is 1. The van der Waals surface area contributed by atoms with Crippen molar-refractivity contribution in [2.75, 3.05) is 26.0 Å². The van der Waals surface area contributed by atoms with Gasteiger partial charge in [0, 0.05) is 34.1 Å². The van der Waals surface area contributed by atoms with E-state index in [0.29, 0.717) is 24.4 Å². The van der Waals surface area contributed by atoms with E-state index in [4.69, 9.17) is 4.74 Å². The average molecular weight is 424 g/mol. The molecule has 132 valence electrons. The number of ether oxygens (including phenoxy) is 1. The van der Waals surface area contributed by atoms with Crippen molar-refractivity contribution in [2.24, 2.45) is 0 Å². The molecule has 1 saturated heterocycles. The zero-order valence-electron chi connectivity index (χ0n) is 13.9. The molecule has 0 saturated carbocycles. The van der Waals surface area contributed by atoms with E-state index in [2.05, 4.69) is 15.9 Å².